The van der Waals surface area contributed by atoms with Crippen molar-refractivity contribution in [1.29, 1.82) is 5.26 Å². The average molecular weight is 311 g/mol. The number of nitrogens with one attached hydrogen (secondary N) is 1. The monoisotopic (exact) mass is 311 g/mol. The maximum absolute atomic E-state index is 12.7. The maximum atomic E-state index is 12.7. The molecule has 0 aromatic heterocycles. The predicted octanol–water partition coefficient (Wildman–Crippen LogP) is 2.77. The van der Waals surface area contributed by atoms with E-state index in [0.29, 0.717) is 24.2 Å². The van der Waals surface area contributed by atoms with E-state index < -0.39 is 12.1 Å². The molecule has 0 aliphatic carbocycles. The quantitative estimate of drug-likeness (QED) is 0.934. The standard InChI is InChI=1S/C15H16F3N3O/c16-15(17,18)12-2-1-7-21(10-12)14(22)9-20-13-5-3-11(8-19)4-6-13/h3-6,12,20H,1-2,7,9-10H2/t12-/m0/s1. The molecule has 4 nitrogen and oxygen atoms in total. The van der Waals surface area contributed by atoms with Gasteiger partial charge in [0.25, 0.3) is 0 Å². The van der Waals surface area contributed by atoms with Crippen molar-refractivity contribution in [2.45, 2.75) is 19.0 Å². The highest BCUT2D eigenvalue weighted by atomic mass is 19.4. The van der Waals surface area contributed by atoms with Crippen molar-refractivity contribution >= 4 is 11.6 Å². The number of anilines is 1. The molecule has 1 aromatic rings. The van der Waals surface area contributed by atoms with Crippen LogP contribution in [-0.2, 0) is 4.79 Å². The third-order valence-electron chi connectivity index (χ3n) is 3.69. The van der Waals surface area contributed by atoms with E-state index in [1.54, 1.807) is 24.3 Å². The van der Waals surface area contributed by atoms with Gasteiger partial charge in [0, 0.05) is 18.8 Å². The van der Waals surface area contributed by atoms with Gasteiger partial charge in [-0.25, -0.2) is 0 Å². The lowest BCUT2D eigenvalue weighted by Crippen LogP contribution is -2.46. The Balaban J connectivity index is 1.87. The first-order valence-corrected chi connectivity index (χ1v) is 6.98. The first kappa shape index (κ1) is 16.1. The number of carbonyl (C=O) groups is 1. The number of carbonyl (C=O) groups excluding carboxylic acids is 1. The van der Waals surface area contributed by atoms with Gasteiger partial charge in [0.15, 0.2) is 0 Å². The number of piperidine rings is 1. The lowest BCUT2D eigenvalue weighted by atomic mass is 9.97. The number of hydrogen-bond acceptors (Lipinski definition) is 3. The van der Waals surface area contributed by atoms with Crippen LogP contribution in [0.15, 0.2) is 24.3 Å². The van der Waals surface area contributed by atoms with Crippen LogP contribution < -0.4 is 5.32 Å². The molecule has 1 heterocycles. The molecule has 0 radical (unpaired) electrons. The van der Waals surface area contributed by atoms with Gasteiger partial charge in [-0.05, 0) is 37.1 Å². The lowest BCUT2D eigenvalue weighted by molar-refractivity contribution is -0.187. The molecular formula is C15H16F3N3O. The zero-order valence-electron chi connectivity index (χ0n) is 11.9. The van der Waals surface area contributed by atoms with Gasteiger partial charge in [0.1, 0.15) is 0 Å². The van der Waals surface area contributed by atoms with Crippen molar-refractivity contribution in [2.24, 2.45) is 5.92 Å². The van der Waals surface area contributed by atoms with E-state index in [1.807, 2.05) is 6.07 Å². The average Bonchev–Trinajstić information content (AvgIpc) is 2.52. The summed E-state index contributed by atoms with van der Waals surface area (Å²) < 4.78 is 38.2. The van der Waals surface area contributed by atoms with E-state index >= 15 is 0 Å². The van der Waals surface area contributed by atoms with E-state index in [-0.39, 0.29) is 25.4 Å². The molecule has 118 valence electrons. The van der Waals surface area contributed by atoms with Crippen LogP contribution in [0, 0.1) is 17.2 Å². The minimum absolute atomic E-state index is 0.0591. The van der Waals surface area contributed by atoms with Gasteiger partial charge in [0.2, 0.25) is 5.91 Å². The summed E-state index contributed by atoms with van der Waals surface area (Å²) in [7, 11) is 0. The highest BCUT2D eigenvalue weighted by Gasteiger charge is 2.42. The Labute approximate surface area is 126 Å². The summed E-state index contributed by atoms with van der Waals surface area (Å²) in [5, 5.41) is 11.5. The Morgan fingerprint density at radius 2 is 2.05 bits per heavy atom. The Bertz CT molecular complexity index is 563. The first-order chi connectivity index (χ1) is 10.4. The Kier molecular flexibility index (Phi) is 4.91. The SMILES string of the molecule is N#Cc1ccc(NCC(=O)N2CCC[C@H](C(F)(F)F)C2)cc1. The maximum Gasteiger partial charge on any atom is 0.393 e. The largest absolute Gasteiger partial charge is 0.393 e. The molecule has 0 saturated carbocycles. The van der Waals surface area contributed by atoms with Crippen molar-refractivity contribution < 1.29 is 18.0 Å². The van der Waals surface area contributed by atoms with Crippen LogP contribution in [-0.4, -0.2) is 36.6 Å². The van der Waals surface area contributed by atoms with E-state index in [1.165, 1.54) is 4.90 Å². The number of hydrogen-bond donors (Lipinski definition) is 1. The first-order valence-electron chi connectivity index (χ1n) is 6.98. The second-order valence-electron chi connectivity index (χ2n) is 5.26. The number of amides is 1. The molecule has 0 bridgehead atoms. The van der Waals surface area contributed by atoms with Crippen LogP contribution in [0.3, 0.4) is 0 Å². The van der Waals surface area contributed by atoms with Gasteiger partial charge in [0.05, 0.1) is 24.1 Å². The fourth-order valence-corrected chi connectivity index (χ4v) is 2.42. The molecule has 1 atom stereocenters. The molecular weight excluding hydrogens is 295 g/mol. The molecule has 1 saturated heterocycles. The number of rotatable bonds is 3. The molecule has 1 aromatic carbocycles. The molecule has 7 heteroatoms. The summed E-state index contributed by atoms with van der Waals surface area (Å²) in [6, 6.07) is 8.50. The molecule has 1 fully saturated rings. The smallest absolute Gasteiger partial charge is 0.376 e. The zero-order chi connectivity index (χ0) is 16.2. The van der Waals surface area contributed by atoms with Crippen LogP contribution in [0.25, 0.3) is 0 Å². The molecule has 22 heavy (non-hydrogen) atoms. The van der Waals surface area contributed by atoms with Crippen LogP contribution in [0.1, 0.15) is 18.4 Å². The van der Waals surface area contributed by atoms with Crippen molar-refractivity contribution in [1.82, 2.24) is 4.90 Å². The van der Waals surface area contributed by atoms with Gasteiger partial charge >= 0.3 is 6.18 Å². The summed E-state index contributed by atoms with van der Waals surface area (Å²) in [6.45, 7) is 0.0360. The third kappa shape index (κ3) is 4.13. The second kappa shape index (κ2) is 6.69. The Morgan fingerprint density at radius 1 is 1.36 bits per heavy atom. The van der Waals surface area contributed by atoms with Gasteiger partial charge in [-0.2, -0.15) is 18.4 Å². The minimum atomic E-state index is -4.25. The van der Waals surface area contributed by atoms with Gasteiger partial charge in [-0.15, -0.1) is 0 Å². The van der Waals surface area contributed by atoms with E-state index in [4.69, 9.17) is 5.26 Å². The van der Waals surface area contributed by atoms with Crippen molar-refractivity contribution in [3.8, 4) is 6.07 Å². The zero-order valence-corrected chi connectivity index (χ0v) is 11.9. The number of nitriles is 1. The lowest BCUT2D eigenvalue weighted by Gasteiger charge is -2.33. The predicted molar refractivity (Wildman–Crippen MR) is 75.0 cm³/mol. The third-order valence-corrected chi connectivity index (χ3v) is 3.69. The van der Waals surface area contributed by atoms with Crippen LogP contribution in [0.2, 0.25) is 0 Å². The molecule has 1 N–H and O–H groups in total. The highest BCUT2D eigenvalue weighted by Crippen LogP contribution is 2.33. The minimum Gasteiger partial charge on any atom is -0.376 e. The van der Waals surface area contributed by atoms with Gasteiger partial charge in [-0.1, -0.05) is 0 Å². The van der Waals surface area contributed by atoms with E-state index in [2.05, 4.69) is 5.32 Å². The number of likely N-dealkylation sites (tertiary alicyclic amines) is 1. The summed E-state index contributed by atoms with van der Waals surface area (Å²) >= 11 is 0. The number of benzene rings is 1. The van der Waals surface area contributed by atoms with Crippen LogP contribution in [0.5, 0.6) is 0 Å². The van der Waals surface area contributed by atoms with Crippen LogP contribution in [0.4, 0.5) is 18.9 Å². The van der Waals surface area contributed by atoms with Gasteiger partial charge < -0.3 is 10.2 Å². The summed E-state index contributed by atoms with van der Waals surface area (Å²) in [4.78, 5) is 13.3. The molecule has 1 aliphatic heterocycles. The highest BCUT2D eigenvalue weighted by molar-refractivity contribution is 5.81. The molecule has 1 aliphatic rings. The van der Waals surface area contributed by atoms with Crippen molar-refractivity contribution in [3.05, 3.63) is 29.8 Å². The van der Waals surface area contributed by atoms with Gasteiger partial charge in [-0.3, -0.25) is 4.79 Å². The number of halogens is 3. The summed E-state index contributed by atoms with van der Waals surface area (Å²) in [6.07, 6.45) is -3.80. The summed E-state index contributed by atoms with van der Waals surface area (Å²) in [5.41, 5.74) is 1.15. The second-order valence-corrected chi connectivity index (χ2v) is 5.26. The van der Waals surface area contributed by atoms with Crippen LogP contribution >= 0.6 is 0 Å². The van der Waals surface area contributed by atoms with Crippen molar-refractivity contribution in [3.63, 3.8) is 0 Å². The normalized spacial score (nSPS) is 18.6. The van der Waals surface area contributed by atoms with E-state index in [9.17, 15) is 18.0 Å². The molecule has 0 unspecified atom stereocenters. The Hall–Kier alpha value is -2.23. The fraction of sp³-hybridized carbons (Fsp3) is 0.467. The molecule has 1 amide bonds. The fourth-order valence-electron chi connectivity index (χ4n) is 2.42. The molecule has 2 rings (SSSR count). The van der Waals surface area contributed by atoms with Crippen molar-refractivity contribution in [2.75, 3.05) is 25.0 Å². The van der Waals surface area contributed by atoms with E-state index in [0.717, 1.165) is 0 Å². The topological polar surface area (TPSA) is 56.1 Å². The number of alkyl halides is 3. The molecule has 0 spiro atoms. The Morgan fingerprint density at radius 3 is 2.64 bits per heavy atom. The summed E-state index contributed by atoms with van der Waals surface area (Å²) in [5.74, 6) is -1.78. The number of nitrogens with zero attached hydrogens (tertiary/aromatic N) is 2.